The highest BCUT2D eigenvalue weighted by atomic mass is 16.3. The molecule has 0 saturated carbocycles. The smallest absolute Gasteiger partial charge is 0.320 e. The first kappa shape index (κ1) is 17.3. The van der Waals surface area contributed by atoms with Crippen molar-refractivity contribution in [3.05, 3.63) is 29.8 Å². The summed E-state index contributed by atoms with van der Waals surface area (Å²) in [6.07, 6.45) is 0.794. The van der Waals surface area contributed by atoms with Crippen LogP contribution >= 0.6 is 0 Å². The zero-order valence-corrected chi connectivity index (χ0v) is 14.0. The number of hydrogen-bond acceptors (Lipinski definition) is 3. The van der Waals surface area contributed by atoms with Crippen molar-refractivity contribution in [1.29, 1.82) is 0 Å². The number of carbonyl (C=O) groups is 2. The lowest BCUT2D eigenvalue weighted by molar-refractivity contribution is -0.122. The Morgan fingerprint density at radius 2 is 2.17 bits per heavy atom. The topological polar surface area (TPSA) is 72.9 Å². The number of hydrogen-bond donors (Lipinski definition) is 2. The Morgan fingerprint density at radius 3 is 2.83 bits per heavy atom. The number of para-hydroxylation sites is 1. The third-order valence-electron chi connectivity index (χ3n) is 4.41. The van der Waals surface area contributed by atoms with Crippen LogP contribution in [0.15, 0.2) is 24.3 Å². The number of aliphatic hydroxyl groups excluding tert-OH is 1. The molecule has 1 heterocycles. The van der Waals surface area contributed by atoms with E-state index in [1.807, 2.05) is 38.1 Å². The van der Waals surface area contributed by atoms with Crippen LogP contribution in [0.1, 0.15) is 25.8 Å². The standard InChI is InChI=1S/C17H25N3O3/c1-4-12(2)15-16(22)18-14-8-6-5-7-13(14)11-20(15)17(23)19(3)9-10-21/h5-8,12,15,21H,4,9-11H2,1-3H3,(H,18,22). The van der Waals surface area contributed by atoms with E-state index in [-0.39, 0.29) is 31.0 Å². The van der Waals surface area contributed by atoms with Crippen LogP contribution in [0, 0.1) is 5.92 Å². The number of nitrogens with zero attached hydrogens (tertiary/aromatic N) is 2. The number of anilines is 1. The van der Waals surface area contributed by atoms with Gasteiger partial charge in [0.2, 0.25) is 5.91 Å². The minimum Gasteiger partial charge on any atom is -0.395 e. The van der Waals surface area contributed by atoms with E-state index in [1.54, 1.807) is 11.9 Å². The van der Waals surface area contributed by atoms with Gasteiger partial charge in [-0.2, -0.15) is 0 Å². The van der Waals surface area contributed by atoms with E-state index in [2.05, 4.69) is 5.32 Å². The number of carbonyl (C=O) groups excluding carboxylic acids is 2. The van der Waals surface area contributed by atoms with Crippen LogP contribution in [0.5, 0.6) is 0 Å². The maximum absolute atomic E-state index is 12.8. The van der Waals surface area contributed by atoms with Gasteiger partial charge in [0.1, 0.15) is 6.04 Å². The van der Waals surface area contributed by atoms with E-state index >= 15 is 0 Å². The molecule has 0 spiro atoms. The molecule has 0 bridgehead atoms. The highest BCUT2D eigenvalue weighted by Crippen LogP contribution is 2.27. The van der Waals surface area contributed by atoms with Gasteiger partial charge < -0.3 is 20.2 Å². The summed E-state index contributed by atoms with van der Waals surface area (Å²) < 4.78 is 0. The zero-order chi connectivity index (χ0) is 17.0. The van der Waals surface area contributed by atoms with Crippen molar-refractivity contribution < 1.29 is 14.7 Å². The van der Waals surface area contributed by atoms with Gasteiger partial charge in [0, 0.05) is 19.3 Å². The summed E-state index contributed by atoms with van der Waals surface area (Å²) in [5.41, 5.74) is 1.67. The average Bonchev–Trinajstić information content (AvgIpc) is 2.69. The number of urea groups is 1. The van der Waals surface area contributed by atoms with Gasteiger partial charge >= 0.3 is 6.03 Å². The third kappa shape index (κ3) is 3.64. The summed E-state index contributed by atoms with van der Waals surface area (Å²) in [5.74, 6) is -0.120. The second kappa shape index (κ2) is 7.46. The summed E-state index contributed by atoms with van der Waals surface area (Å²) >= 11 is 0. The number of amides is 3. The molecule has 0 aliphatic carbocycles. The molecule has 1 aliphatic rings. The normalized spacial score (nSPS) is 18.7. The number of rotatable bonds is 4. The Balaban J connectivity index is 2.39. The molecule has 2 unspecified atom stereocenters. The van der Waals surface area contributed by atoms with Crippen LogP contribution in [0.3, 0.4) is 0 Å². The fourth-order valence-electron chi connectivity index (χ4n) is 2.85. The van der Waals surface area contributed by atoms with Crippen LogP contribution < -0.4 is 5.32 Å². The van der Waals surface area contributed by atoms with Crippen molar-refractivity contribution in [1.82, 2.24) is 9.80 Å². The van der Waals surface area contributed by atoms with Gasteiger partial charge in [-0.25, -0.2) is 4.79 Å². The monoisotopic (exact) mass is 319 g/mol. The molecule has 0 aromatic heterocycles. The first-order chi connectivity index (χ1) is 11.0. The molecule has 23 heavy (non-hydrogen) atoms. The summed E-state index contributed by atoms with van der Waals surface area (Å²) in [5, 5.41) is 12.0. The average molecular weight is 319 g/mol. The van der Waals surface area contributed by atoms with Crippen LogP contribution in [-0.4, -0.2) is 53.1 Å². The minimum absolute atomic E-state index is 0.0378. The van der Waals surface area contributed by atoms with Gasteiger partial charge in [0.25, 0.3) is 0 Å². The highest BCUT2D eigenvalue weighted by molar-refractivity contribution is 5.98. The lowest BCUT2D eigenvalue weighted by Gasteiger charge is -2.35. The number of fused-ring (bicyclic) bond motifs is 1. The number of nitrogens with one attached hydrogen (secondary N) is 1. The van der Waals surface area contributed by atoms with E-state index in [0.29, 0.717) is 6.54 Å². The van der Waals surface area contributed by atoms with Crippen molar-refractivity contribution in [2.24, 2.45) is 5.92 Å². The van der Waals surface area contributed by atoms with Gasteiger partial charge in [0.15, 0.2) is 0 Å². The van der Waals surface area contributed by atoms with Crippen molar-refractivity contribution in [3.8, 4) is 0 Å². The zero-order valence-electron chi connectivity index (χ0n) is 14.0. The highest BCUT2D eigenvalue weighted by Gasteiger charge is 2.37. The number of aliphatic hydroxyl groups is 1. The Kier molecular flexibility index (Phi) is 5.60. The SMILES string of the molecule is CCC(C)C1C(=O)Nc2ccccc2CN1C(=O)N(C)CCO. The van der Waals surface area contributed by atoms with Crippen LogP contribution in [0.25, 0.3) is 0 Å². The quantitative estimate of drug-likeness (QED) is 0.890. The Morgan fingerprint density at radius 1 is 1.48 bits per heavy atom. The molecule has 126 valence electrons. The number of likely N-dealkylation sites (N-methyl/N-ethyl adjacent to an activating group) is 1. The van der Waals surface area contributed by atoms with Gasteiger partial charge in [-0.05, 0) is 17.5 Å². The van der Waals surface area contributed by atoms with Crippen molar-refractivity contribution in [2.45, 2.75) is 32.9 Å². The molecule has 6 nitrogen and oxygen atoms in total. The van der Waals surface area contributed by atoms with Crippen molar-refractivity contribution in [2.75, 3.05) is 25.5 Å². The molecule has 1 aromatic rings. The van der Waals surface area contributed by atoms with E-state index in [4.69, 9.17) is 5.11 Å². The summed E-state index contributed by atoms with van der Waals surface area (Å²) in [7, 11) is 1.64. The van der Waals surface area contributed by atoms with Gasteiger partial charge in [-0.1, -0.05) is 38.5 Å². The van der Waals surface area contributed by atoms with E-state index < -0.39 is 6.04 Å². The lowest BCUT2D eigenvalue weighted by atomic mass is 9.97. The van der Waals surface area contributed by atoms with Crippen LogP contribution in [-0.2, 0) is 11.3 Å². The Bertz CT molecular complexity index is 576. The summed E-state index contributed by atoms with van der Waals surface area (Å²) in [6.45, 7) is 4.50. The molecule has 3 amide bonds. The molecule has 0 radical (unpaired) electrons. The fraction of sp³-hybridized carbons (Fsp3) is 0.529. The molecular formula is C17H25N3O3. The van der Waals surface area contributed by atoms with E-state index in [0.717, 1.165) is 17.7 Å². The van der Waals surface area contributed by atoms with Gasteiger partial charge in [-0.15, -0.1) is 0 Å². The molecule has 2 atom stereocenters. The maximum Gasteiger partial charge on any atom is 0.320 e. The summed E-state index contributed by atoms with van der Waals surface area (Å²) in [6, 6.07) is 6.77. The molecule has 6 heteroatoms. The molecule has 1 aliphatic heterocycles. The van der Waals surface area contributed by atoms with Gasteiger partial charge in [0.05, 0.1) is 13.2 Å². The number of benzene rings is 1. The van der Waals surface area contributed by atoms with Crippen LogP contribution in [0.2, 0.25) is 0 Å². The largest absolute Gasteiger partial charge is 0.395 e. The Hall–Kier alpha value is -2.08. The molecule has 0 fully saturated rings. The van der Waals surface area contributed by atoms with E-state index in [9.17, 15) is 9.59 Å². The summed E-state index contributed by atoms with van der Waals surface area (Å²) in [4.78, 5) is 28.6. The first-order valence-electron chi connectivity index (χ1n) is 8.01. The van der Waals surface area contributed by atoms with Gasteiger partial charge in [-0.3, -0.25) is 4.79 Å². The molecular weight excluding hydrogens is 294 g/mol. The van der Waals surface area contributed by atoms with Crippen molar-refractivity contribution in [3.63, 3.8) is 0 Å². The lowest BCUT2D eigenvalue weighted by Crippen LogP contribution is -2.53. The minimum atomic E-state index is -0.527. The Labute approximate surface area is 137 Å². The maximum atomic E-state index is 12.8. The first-order valence-corrected chi connectivity index (χ1v) is 8.01. The predicted molar refractivity (Wildman–Crippen MR) is 89.0 cm³/mol. The molecule has 2 N–H and O–H groups in total. The molecule has 0 saturated heterocycles. The predicted octanol–water partition coefficient (Wildman–Crippen LogP) is 1.90. The van der Waals surface area contributed by atoms with E-state index in [1.165, 1.54) is 4.90 Å². The molecule has 1 aromatic carbocycles. The molecule has 2 rings (SSSR count). The second-order valence-electron chi connectivity index (χ2n) is 6.03. The fourth-order valence-corrected chi connectivity index (χ4v) is 2.85. The van der Waals surface area contributed by atoms with Crippen molar-refractivity contribution >= 4 is 17.6 Å². The second-order valence-corrected chi connectivity index (χ2v) is 6.03. The third-order valence-corrected chi connectivity index (χ3v) is 4.41. The van der Waals surface area contributed by atoms with Crippen LogP contribution in [0.4, 0.5) is 10.5 Å².